The predicted octanol–water partition coefficient (Wildman–Crippen LogP) is -0.275. The molecule has 0 saturated carbocycles. The third-order valence-electron chi connectivity index (χ3n) is 0. The summed E-state index contributed by atoms with van der Waals surface area (Å²) < 4.78 is -0.500. The molecular formula is IrNO2. The molecule has 0 unspecified atom stereocenters. The van der Waals surface area contributed by atoms with Crippen LogP contribution < -0.4 is 0 Å². The fraction of sp³-hybridized carbons (Fsp3) is 0. The van der Waals surface area contributed by atoms with E-state index in [-0.39, 0.29) is 0 Å². The molecule has 0 aromatic carbocycles. The van der Waals surface area contributed by atoms with Crippen molar-refractivity contribution in [3.63, 3.8) is 0 Å². The second kappa shape index (κ2) is 1.38. The van der Waals surface area contributed by atoms with E-state index in [0.717, 1.165) is 19.1 Å². The van der Waals surface area contributed by atoms with Crippen molar-refractivity contribution >= 4 is 0 Å². The van der Waals surface area contributed by atoms with Gasteiger partial charge in [0.15, 0.2) is 0 Å². The second-order valence-electron chi connectivity index (χ2n) is 0.196. The first-order valence-corrected chi connectivity index (χ1v) is 1.59. The Kier molecular flexibility index (Phi) is 1.39. The van der Waals surface area contributed by atoms with Gasteiger partial charge in [0.1, 0.15) is 0 Å². The zero-order chi connectivity index (χ0) is 3.58. The Labute approximate surface area is 33.6 Å². The summed E-state index contributed by atoms with van der Waals surface area (Å²) in [6, 6.07) is 0. The van der Waals surface area contributed by atoms with E-state index in [4.69, 9.17) is 10.1 Å². The van der Waals surface area contributed by atoms with E-state index in [1.54, 1.807) is 0 Å². The summed E-state index contributed by atoms with van der Waals surface area (Å²) in [6.45, 7) is 0. The van der Waals surface area contributed by atoms with Crippen molar-refractivity contribution in [2.75, 3.05) is 0 Å². The molecule has 0 spiro atoms. The van der Waals surface area contributed by atoms with Crippen LogP contribution in [0.5, 0.6) is 0 Å². The first-order valence-electron chi connectivity index (χ1n) is 0.514. The van der Waals surface area contributed by atoms with Crippen LogP contribution >= 0.6 is 0 Å². The zero-order valence-electron chi connectivity index (χ0n) is 1.60. The van der Waals surface area contributed by atoms with Gasteiger partial charge in [-0.15, -0.1) is 0 Å². The van der Waals surface area contributed by atoms with Gasteiger partial charge < -0.3 is 0 Å². The van der Waals surface area contributed by atoms with Gasteiger partial charge in [-0.3, -0.25) is 0 Å². The van der Waals surface area contributed by atoms with Crippen LogP contribution in [0.1, 0.15) is 0 Å². The van der Waals surface area contributed by atoms with E-state index in [1.807, 2.05) is 0 Å². The van der Waals surface area contributed by atoms with Gasteiger partial charge in [-0.1, -0.05) is 0 Å². The van der Waals surface area contributed by atoms with Crippen LogP contribution in [0.3, 0.4) is 0 Å². The monoisotopic (exact) mass is 239 g/mol. The standard InChI is InChI=1S/Ir.NO2/c;2-1-3. The molecule has 0 aromatic heterocycles. The Bertz CT molecular complexity index is 29.0. The second-order valence-corrected chi connectivity index (χ2v) is 1.07. The molecule has 0 bridgehead atoms. The summed E-state index contributed by atoms with van der Waals surface area (Å²) >= 11 is 0.889. The molecule has 3 nitrogen and oxygen atoms in total. The Balaban J connectivity index is 2.80. The molecular weight excluding hydrogens is 238 g/mol. The third kappa shape index (κ3) is 927. The number of rotatable bonds is 0. The average Bonchev–Trinajstić information content (AvgIpc) is 0.811. The number of hydrogen-bond donors (Lipinski definition) is 0. The van der Waals surface area contributed by atoms with Crippen LogP contribution in [0.2, 0.25) is 0 Å². The van der Waals surface area contributed by atoms with Crippen molar-refractivity contribution in [2.45, 2.75) is 0 Å². The number of hydrogen-bond acceptors (Lipinski definition) is 2. The molecule has 0 fully saturated rings. The molecule has 0 rings (SSSR count). The van der Waals surface area contributed by atoms with Crippen LogP contribution in [0.4, 0.5) is 0 Å². The molecule has 4 heavy (non-hydrogen) atoms. The molecule has 0 heterocycles. The van der Waals surface area contributed by atoms with Gasteiger partial charge in [0.2, 0.25) is 0 Å². The van der Waals surface area contributed by atoms with Gasteiger partial charge in [0.25, 0.3) is 0 Å². The Morgan fingerprint density at radius 2 is 2.00 bits per heavy atom. The van der Waals surface area contributed by atoms with Gasteiger partial charge >= 0.3 is 32.9 Å². The quantitative estimate of drug-likeness (QED) is 0.430. The molecule has 0 saturated heterocycles. The summed E-state index contributed by atoms with van der Waals surface area (Å²) in [5.41, 5.74) is 0. The molecule has 0 aromatic rings. The SMILES string of the molecule is O=[N+]([O-])[Ir]. The van der Waals surface area contributed by atoms with E-state index in [1.165, 1.54) is 0 Å². The molecule has 0 aliphatic heterocycles. The van der Waals surface area contributed by atoms with E-state index in [2.05, 4.69) is 0 Å². The topological polar surface area (TPSA) is 43.1 Å². The molecule has 0 N–H and O–H groups in total. The minimum absolute atomic E-state index is 0.500. The molecule has 26 valence electrons. The van der Waals surface area contributed by atoms with Crippen molar-refractivity contribution < 1.29 is 22.7 Å². The summed E-state index contributed by atoms with van der Waals surface area (Å²) in [4.78, 5) is 8.81. The van der Waals surface area contributed by atoms with Crippen LogP contribution in [-0.2, 0) is 19.1 Å². The summed E-state index contributed by atoms with van der Waals surface area (Å²) in [5.74, 6) is 0. The van der Waals surface area contributed by atoms with Gasteiger partial charge in [-0.05, 0) is 0 Å². The molecule has 0 aliphatic rings. The molecule has 0 aliphatic carbocycles. The Morgan fingerprint density at radius 3 is 2.00 bits per heavy atom. The number of nitro groups is 1. The first-order chi connectivity index (χ1) is 1.73. The van der Waals surface area contributed by atoms with Crippen molar-refractivity contribution in [1.82, 2.24) is 0 Å². The summed E-state index contributed by atoms with van der Waals surface area (Å²) in [5, 5.41) is 8.81. The molecule has 0 radical (unpaired) electrons. The Morgan fingerprint density at radius 1 is 2.00 bits per heavy atom. The van der Waals surface area contributed by atoms with Crippen LogP contribution in [0, 0.1) is 10.1 Å². The minimum atomic E-state index is -0.500. The zero-order valence-corrected chi connectivity index (χ0v) is 3.99. The van der Waals surface area contributed by atoms with Gasteiger partial charge in [0, 0.05) is 0 Å². The van der Waals surface area contributed by atoms with Crippen LogP contribution in [-0.4, -0.2) is 3.59 Å². The van der Waals surface area contributed by atoms with E-state index < -0.39 is 3.59 Å². The van der Waals surface area contributed by atoms with E-state index in [0.29, 0.717) is 0 Å². The van der Waals surface area contributed by atoms with Crippen molar-refractivity contribution in [1.29, 1.82) is 0 Å². The average molecular weight is 238 g/mol. The van der Waals surface area contributed by atoms with Gasteiger partial charge in [-0.2, -0.15) is 0 Å². The van der Waals surface area contributed by atoms with Gasteiger partial charge in [-0.25, -0.2) is 0 Å². The van der Waals surface area contributed by atoms with Gasteiger partial charge in [0.05, 0.1) is 0 Å². The maximum absolute atomic E-state index is 8.81. The molecule has 0 atom stereocenters. The number of nitrogens with zero attached hydrogens (tertiary/aromatic N) is 1. The fourth-order valence-corrected chi connectivity index (χ4v) is 0. The van der Waals surface area contributed by atoms with Crippen molar-refractivity contribution in [3.05, 3.63) is 10.1 Å². The summed E-state index contributed by atoms with van der Waals surface area (Å²) in [7, 11) is 0. The van der Waals surface area contributed by atoms with E-state index >= 15 is 0 Å². The summed E-state index contributed by atoms with van der Waals surface area (Å²) in [6.07, 6.45) is 0. The Hall–Kier alpha value is 0.0494. The van der Waals surface area contributed by atoms with Crippen LogP contribution in [0.25, 0.3) is 0 Å². The van der Waals surface area contributed by atoms with Crippen LogP contribution in [0.15, 0.2) is 0 Å². The third-order valence-corrected chi connectivity index (χ3v) is 0. The van der Waals surface area contributed by atoms with E-state index in [9.17, 15) is 0 Å². The maximum atomic E-state index is 8.81. The molecule has 4 heteroatoms. The fourth-order valence-electron chi connectivity index (χ4n) is 0. The van der Waals surface area contributed by atoms with Crippen molar-refractivity contribution in [2.24, 2.45) is 0 Å². The van der Waals surface area contributed by atoms with Crippen molar-refractivity contribution in [3.8, 4) is 0 Å². The molecule has 0 amide bonds. The first kappa shape index (κ1) is 4.05. The normalized spacial score (nSPS) is 6.50. The predicted molar refractivity (Wildman–Crippen MR) is 6.99 cm³/mol.